The van der Waals surface area contributed by atoms with Crippen LogP contribution in [0.5, 0.6) is 5.75 Å². The predicted octanol–water partition coefficient (Wildman–Crippen LogP) is 1.97. The van der Waals surface area contributed by atoms with Crippen LogP contribution >= 0.6 is 0 Å². The Hall–Kier alpha value is -2.37. The molecule has 0 bridgehead atoms. The Kier molecular flexibility index (Phi) is 5.46. The van der Waals surface area contributed by atoms with Gasteiger partial charge in [-0.2, -0.15) is 0 Å². The molecule has 1 fully saturated rings. The molecule has 2 aromatic carbocycles. The third-order valence-corrected chi connectivity index (χ3v) is 4.04. The average Bonchev–Trinajstić information content (AvgIpc) is 2.67. The molecule has 0 aliphatic carbocycles. The van der Waals surface area contributed by atoms with Crippen molar-refractivity contribution < 1.29 is 14.3 Å². The van der Waals surface area contributed by atoms with E-state index in [9.17, 15) is 4.79 Å². The maximum atomic E-state index is 12.0. The largest absolute Gasteiger partial charge is 0.497 e. The summed E-state index contributed by atoms with van der Waals surface area (Å²) in [6.07, 6.45) is -0.394. The van der Waals surface area contributed by atoms with Crippen molar-refractivity contribution in [3.63, 3.8) is 0 Å². The summed E-state index contributed by atoms with van der Waals surface area (Å²) in [5.41, 5.74) is 3.27. The molecule has 5 heteroatoms. The maximum absolute atomic E-state index is 12.0. The second kappa shape index (κ2) is 7.95. The number of carbonyl (C=O) groups is 1. The summed E-state index contributed by atoms with van der Waals surface area (Å²) in [5, 5.41) is 6.08. The van der Waals surface area contributed by atoms with E-state index in [1.54, 1.807) is 7.11 Å². The fourth-order valence-corrected chi connectivity index (χ4v) is 2.65. The van der Waals surface area contributed by atoms with Crippen LogP contribution in [0.4, 0.5) is 0 Å². The minimum Gasteiger partial charge on any atom is -0.497 e. The Bertz CT molecular complexity index is 679. The third kappa shape index (κ3) is 4.13. The lowest BCUT2D eigenvalue weighted by atomic mass is 10.0. The number of amides is 1. The minimum absolute atomic E-state index is 0.0703. The highest BCUT2D eigenvalue weighted by molar-refractivity contribution is 5.81. The van der Waals surface area contributed by atoms with Crippen LogP contribution in [0.1, 0.15) is 5.56 Å². The molecule has 3 rings (SSSR count). The minimum atomic E-state index is -0.394. The van der Waals surface area contributed by atoms with E-state index in [0.717, 1.165) is 29.0 Å². The lowest BCUT2D eigenvalue weighted by molar-refractivity contribution is -0.134. The first-order valence-electron chi connectivity index (χ1n) is 8.09. The zero-order valence-corrected chi connectivity index (χ0v) is 13.7. The second-order valence-electron chi connectivity index (χ2n) is 5.71. The van der Waals surface area contributed by atoms with Crippen molar-refractivity contribution >= 4 is 5.91 Å². The van der Waals surface area contributed by atoms with Crippen molar-refractivity contribution in [2.75, 3.05) is 26.8 Å². The van der Waals surface area contributed by atoms with E-state index in [-0.39, 0.29) is 5.91 Å². The van der Waals surface area contributed by atoms with Crippen molar-refractivity contribution in [1.82, 2.24) is 10.6 Å². The van der Waals surface area contributed by atoms with E-state index >= 15 is 0 Å². The summed E-state index contributed by atoms with van der Waals surface area (Å²) in [6, 6.07) is 16.1. The van der Waals surface area contributed by atoms with E-state index < -0.39 is 6.10 Å². The van der Waals surface area contributed by atoms with Gasteiger partial charge in [0.25, 0.3) is 5.91 Å². The fourth-order valence-electron chi connectivity index (χ4n) is 2.65. The van der Waals surface area contributed by atoms with Crippen molar-refractivity contribution in [1.29, 1.82) is 0 Å². The van der Waals surface area contributed by atoms with Gasteiger partial charge in [0.2, 0.25) is 0 Å². The number of benzene rings is 2. The Labute approximate surface area is 142 Å². The van der Waals surface area contributed by atoms with Crippen LogP contribution in [0, 0.1) is 0 Å². The first-order chi connectivity index (χ1) is 11.8. The van der Waals surface area contributed by atoms with Crippen LogP contribution in [0.3, 0.4) is 0 Å². The molecule has 2 N–H and O–H groups in total. The van der Waals surface area contributed by atoms with E-state index in [2.05, 4.69) is 22.8 Å². The van der Waals surface area contributed by atoms with Gasteiger partial charge in [-0.25, -0.2) is 0 Å². The molecule has 5 nitrogen and oxygen atoms in total. The van der Waals surface area contributed by atoms with Crippen LogP contribution in [0.25, 0.3) is 11.1 Å². The molecule has 2 aromatic rings. The smallest absolute Gasteiger partial charge is 0.250 e. The fraction of sp³-hybridized carbons (Fsp3) is 0.316. The van der Waals surface area contributed by atoms with Gasteiger partial charge in [-0.1, -0.05) is 36.4 Å². The van der Waals surface area contributed by atoms with E-state index in [1.807, 2.05) is 36.4 Å². The summed E-state index contributed by atoms with van der Waals surface area (Å²) < 4.78 is 10.7. The van der Waals surface area contributed by atoms with Crippen LogP contribution in [-0.2, 0) is 16.1 Å². The van der Waals surface area contributed by atoms with Gasteiger partial charge in [0, 0.05) is 19.6 Å². The molecule has 1 heterocycles. The Morgan fingerprint density at radius 2 is 2.08 bits per heavy atom. The van der Waals surface area contributed by atoms with Crippen LogP contribution < -0.4 is 15.4 Å². The van der Waals surface area contributed by atoms with Gasteiger partial charge in [-0.15, -0.1) is 0 Å². The molecular weight excluding hydrogens is 304 g/mol. The highest BCUT2D eigenvalue weighted by atomic mass is 16.5. The third-order valence-electron chi connectivity index (χ3n) is 4.04. The molecule has 24 heavy (non-hydrogen) atoms. The van der Waals surface area contributed by atoms with Crippen LogP contribution in [0.2, 0.25) is 0 Å². The molecule has 126 valence electrons. The average molecular weight is 326 g/mol. The summed E-state index contributed by atoms with van der Waals surface area (Å²) in [5.74, 6) is 0.768. The van der Waals surface area contributed by atoms with E-state index in [0.29, 0.717) is 19.7 Å². The molecule has 0 radical (unpaired) electrons. The number of methoxy groups -OCH3 is 1. The number of hydrogen-bond donors (Lipinski definition) is 2. The van der Waals surface area contributed by atoms with E-state index in [4.69, 9.17) is 9.47 Å². The molecule has 0 aromatic heterocycles. The van der Waals surface area contributed by atoms with Gasteiger partial charge in [-0.05, 0) is 28.8 Å². The number of carbonyl (C=O) groups excluding carboxylic acids is 1. The lowest BCUT2D eigenvalue weighted by Crippen LogP contribution is -2.47. The van der Waals surface area contributed by atoms with Crippen molar-refractivity contribution in [2.45, 2.75) is 12.6 Å². The normalized spacial score (nSPS) is 17.3. The number of ether oxygens (including phenoxy) is 2. The molecule has 1 aliphatic rings. The SMILES string of the molecule is COc1cccc(-c2ccc(CNC(=O)C3CNCCO3)cc2)c1. The zero-order valence-electron chi connectivity index (χ0n) is 13.7. The molecule has 1 unspecified atom stereocenters. The van der Waals surface area contributed by atoms with Gasteiger partial charge in [0.05, 0.1) is 13.7 Å². The molecule has 0 saturated carbocycles. The monoisotopic (exact) mass is 326 g/mol. The van der Waals surface area contributed by atoms with Gasteiger partial charge in [0.15, 0.2) is 0 Å². The van der Waals surface area contributed by atoms with Crippen LogP contribution in [0.15, 0.2) is 48.5 Å². The highest BCUT2D eigenvalue weighted by Crippen LogP contribution is 2.24. The predicted molar refractivity (Wildman–Crippen MR) is 92.9 cm³/mol. The second-order valence-corrected chi connectivity index (χ2v) is 5.71. The van der Waals surface area contributed by atoms with Crippen molar-refractivity contribution in [3.05, 3.63) is 54.1 Å². The van der Waals surface area contributed by atoms with E-state index in [1.165, 1.54) is 0 Å². The van der Waals surface area contributed by atoms with Crippen molar-refractivity contribution in [2.24, 2.45) is 0 Å². The van der Waals surface area contributed by atoms with Gasteiger partial charge in [0.1, 0.15) is 11.9 Å². The Morgan fingerprint density at radius 3 is 2.79 bits per heavy atom. The highest BCUT2D eigenvalue weighted by Gasteiger charge is 2.21. The number of morpholine rings is 1. The van der Waals surface area contributed by atoms with Gasteiger partial charge < -0.3 is 20.1 Å². The molecule has 1 saturated heterocycles. The van der Waals surface area contributed by atoms with Crippen molar-refractivity contribution in [3.8, 4) is 16.9 Å². The maximum Gasteiger partial charge on any atom is 0.250 e. The standard InChI is InChI=1S/C19H22N2O3/c1-23-17-4-2-3-16(11-17)15-7-5-14(6-8-15)12-21-19(22)18-13-20-9-10-24-18/h2-8,11,18,20H,9-10,12-13H2,1H3,(H,21,22). The molecular formula is C19H22N2O3. The van der Waals surface area contributed by atoms with Gasteiger partial charge >= 0.3 is 0 Å². The zero-order chi connectivity index (χ0) is 16.8. The Morgan fingerprint density at radius 1 is 1.25 bits per heavy atom. The van der Waals surface area contributed by atoms with Gasteiger partial charge in [-0.3, -0.25) is 4.79 Å². The summed E-state index contributed by atoms with van der Waals surface area (Å²) in [4.78, 5) is 12.0. The lowest BCUT2D eigenvalue weighted by Gasteiger charge is -2.22. The summed E-state index contributed by atoms with van der Waals surface area (Å²) in [6.45, 7) is 2.44. The quantitative estimate of drug-likeness (QED) is 0.882. The molecule has 0 spiro atoms. The molecule has 1 aliphatic heterocycles. The Balaban J connectivity index is 1.59. The molecule has 1 amide bonds. The number of rotatable bonds is 5. The first-order valence-corrected chi connectivity index (χ1v) is 8.09. The summed E-state index contributed by atoms with van der Waals surface area (Å²) >= 11 is 0. The summed E-state index contributed by atoms with van der Waals surface area (Å²) in [7, 11) is 1.66. The number of hydrogen-bond acceptors (Lipinski definition) is 4. The topological polar surface area (TPSA) is 59.6 Å². The molecule has 1 atom stereocenters. The van der Waals surface area contributed by atoms with Crippen LogP contribution in [-0.4, -0.2) is 38.8 Å². The number of nitrogens with one attached hydrogen (secondary N) is 2. The first kappa shape index (κ1) is 16.5.